The zero-order chi connectivity index (χ0) is 13.0. The minimum atomic E-state index is 0.0392. The van der Waals surface area contributed by atoms with E-state index in [9.17, 15) is 0 Å². The van der Waals surface area contributed by atoms with Gasteiger partial charge in [-0.3, -0.25) is 4.98 Å². The number of hydrogen-bond acceptors (Lipinski definition) is 5. The molecule has 2 aromatic heterocycles. The lowest BCUT2D eigenvalue weighted by Crippen LogP contribution is -2.27. The van der Waals surface area contributed by atoms with Gasteiger partial charge in [0.05, 0.1) is 0 Å². The number of aromatic nitrogens is 2. The standard InChI is InChI=1S/C13H18N4S/c1-13(2,10-3-5-15-6-4-10)9-17-12-16-8-11(7-14)18-12/h3-6,8H,7,9,14H2,1-2H3,(H,16,17). The fourth-order valence-corrected chi connectivity index (χ4v) is 2.37. The van der Waals surface area contributed by atoms with Crippen molar-refractivity contribution < 1.29 is 0 Å². The lowest BCUT2D eigenvalue weighted by molar-refractivity contribution is 0.556. The summed E-state index contributed by atoms with van der Waals surface area (Å²) in [5, 5.41) is 4.30. The Hall–Kier alpha value is -1.46. The van der Waals surface area contributed by atoms with E-state index in [0.717, 1.165) is 16.6 Å². The molecule has 2 heterocycles. The highest BCUT2D eigenvalue weighted by Gasteiger charge is 2.20. The molecule has 5 heteroatoms. The first kappa shape index (κ1) is 13.0. The summed E-state index contributed by atoms with van der Waals surface area (Å²) in [5.41, 5.74) is 6.88. The number of rotatable bonds is 5. The molecule has 3 N–H and O–H groups in total. The molecule has 0 amide bonds. The van der Waals surface area contributed by atoms with Gasteiger partial charge >= 0.3 is 0 Å². The van der Waals surface area contributed by atoms with Gasteiger partial charge in [-0.15, -0.1) is 11.3 Å². The Morgan fingerprint density at radius 2 is 2.06 bits per heavy atom. The van der Waals surface area contributed by atoms with E-state index in [2.05, 4.69) is 41.3 Å². The highest BCUT2D eigenvalue weighted by molar-refractivity contribution is 7.15. The number of pyridine rings is 1. The molecule has 4 nitrogen and oxygen atoms in total. The van der Waals surface area contributed by atoms with Crippen LogP contribution in [-0.4, -0.2) is 16.5 Å². The van der Waals surface area contributed by atoms with Gasteiger partial charge in [0.2, 0.25) is 0 Å². The summed E-state index contributed by atoms with van der Waals surface area (Å²) in [6.45, 7) is 5.78. The van der Waals surface area contributed by atoms with Gasteiger partial charge in [-0.05, 0) is 17.7 Å². The van der Waals surface area contributed by atoms with Crippen LogP contribution >= 0.6 is 11.3 Å². The third-order valence-electron chi connectivity index (χ3n) is 2.90. The average molecular weight is 262 g/mol. The fraction of sp³-hybridized carbons (Fsp3) is 0.385. The van der Waals surface area contributed by atoms with Crippen LogP contribution in [-0.2, 0) is 12.0 Å². The Bertz CT molecular complexity index is 493. The predicted octanol–water partition coefficient (Wildman–Crippen LogP) is 2.39. The second kappa shape index (κ2) is 5.46. The lowest BCUT2D eigenvalue weighted by Gasteiger charge is -2.25. The van der Waals surface area contributed by atoms with Gasteiger partial charge in [0.25, 0.3) is 0 Å². The molecule has 2 rings (SSSR count). The molecular weight excluding hydrogens is 244 g/mol. The Morgan fingerprint density at radius 1 is 1.33 bits per heavy atom. The highest BCUT2D eigenvalue weighted by atomic mass is 32.1. The molecule has 0 saturated heterocycles. The monoisotopic (exact) mass is 262 g/mol. The van der Waals surface area contributed by atoms with Crippen LogP contribution in [0.5, 0.6) is 0 Å². The van der Waals surface area contributed by atoms with Gasteiger partial charge in [0.1, 0.15) is 0 Å². The third kappa shape index (κ3) is 3.05. The first-order valence-corrected chi connectivity index (χ1v) is 6.72. The SMILES string of the molecule is CC(C)(CNc1ncc(CN)s1)c1ccncc1. The number of hydrogen-bond donors (Lipinski definition) is 2. The predicted molar refractivity (Wildman–Crippen MR) is 75.8 cm³/mol. The lowest BCUT2D eigenvalue weighted by atomic mass is 9.85. The van der Waals surface area contributed by atoms with Crippen LogP contribution in [0.25, 0.3) is 0 Å². The second-order valence-corrected chi connectivity index (χ2v) is 5.92. The second-order valence-electron chi connectivity index (χ2n) is 4.81. The quantitative estimate of drug-likeness (QED) is 0.868. The number of anilines is 1. The van der Waals surface area contributed by atoms with Crippen LogP contribution in [0.1, 0.15) is 24.3 Å². The number of nitrogens with one attached hydrogen (secondary N) is 1. The summed E-state index contributed by atoms with van der Waals surface area (Å²) in [7, 11) is 0. The van der Waals surface area contributed by atoms with Crippen LogP contribution in [0.15, 0.2) is 30.7 Å². The smallest absolute Gasteiger partial charge is 0.182 e. The molecule has 96 valence electrons. The van der Waals surface area contributed by atoms with E-state index in [1.807, 2.05) is 18.6 Å². The molecule has 0 fully saturated rings. The van der Waals surface area contributed by atoms with Crippen molar-refractivity contribution in [2.24, 2.45) is 5.73 Å². The van der Waals surface area contributed by atoms with Gasteiger partial charge in [-0.25, -0.2) is 4.98 Å². The zero-order valence-electron chi connectivity index (χ0n) is 10.7. The number of nitrogens with zero attached hydrogens (tertiary/aromatic N) is 2. The molecule has 0 unspecified atom stereocenters. The topological polar surface area (TPSA) is 63.8 Å². The first-order chi connectivity index (χ1) is 8.62. The summed E-state index contributed by atoms with van der Waals surface area (Å²) in [6, 6.07) is 4.10. The van der Waals surface area contributed by atoms with Crippen molar-refractivity contribution in [3.63, 3.8) is 0 Å². The molecule has 0 saturated carbocycles. The maximum Gasteiger partial charge on any atom is 0.182 e. The van der Waals surface area contributed by atoms with Crippen molar-refractivity contribution in [3.8, 4) is 0 Å². The molecule has 0 aliphatic heterocycles. The molecular formula is C13H18N4S. The Kier molecular flexibility index (Phi) is 3.93. The van der Waals surface area contributed by atoms with Gasteiger partial charge < -0.3 is 11.1 Å². The van der Waals surface area contributed by atoms with Crippen molar-refractivity contribution in [1.29, 1.82) is 0 Å². The number of thiazole rings is 1. The van der Waals surface area contributed by atoms with Crippen LogP contribution in [0, 0.1) is 0 Å². The van der Waals surface area contributed by atoms with E-state index in [0.29, 0.717) is 6.54 Å². The Labute approximate surface area is 111 Å². The normalized spacial score (nSPS) is 11.5. The molecule has 0 aliphatic rings. The van der Waals surface area contributed by atoms with Crippen molar-refractivity contribution >= 4 is 16.5 Å². The first-order valence-electron chi connectivity index (χ1n) is 5.91. The molecule has 0 bridgehead atoms. The summed E-state index contributed by atoms with van der Waals surface area (Å²) in [5.74, 6) is 0. The van der Waals surface area contributed by atoms with Crippen LogP contribution in [0.4, 0.5) is 5.13 Å². The highest BCUT2D eigenvalue weighted by Crippen LogP contribution is 2.24. The van der Waals surface area contributed by atoms with Gasteiger partial charge in [-0.2, -0.15) is 0 Å². The van der Waals surface area contributed by atoms with Crippen molar-refractivity contribution in [3.05, 3.63) is 41.2 Å². The summed E-state index contributed by atoms with van der Waals surface area (Å²) >= 11 is 1.61. The maximum absolute atomic E-state index is 5.57. The van der Waals surface area contributed by atoms with Crippen molar-refractivity contribution in [2.75, 3.05) is 11.9 Å². The molecule has 0 aliphatic carbocycles. The molecule has 0 radical (unpaired) electrons. The van der Waals surface area contributed by atoms with Crippen LogP contribution in [0.2, 0.25) is 0 Å². The van der Waals surface area contributed by atoms with E-state index in [1.165, 1.54) is 5.56 Å². The molecule has 0 atom stereocenters. The van der Waals surface area contributed by atoms with Crippen LogP contribution in [0.3, 0.4) is 0 Å². The van der Waals surface area contributed by atoms with E-state index in [1.54, 1.807) is 11.3 Å². The van der Waals surface area contributed by atoms with Gasteiger partial charge in [-0.1, -0.05) is 13.8 Å². The Balaban J connectivity index is 2.00. The van der Waals surface area contributed by atoms with Gasteiger partial charge in [0, 0.05) is 42.0 Å². The summed E-state index contributed by atoms with van der Waals surface area (Å²) in [6.07, 6.45) is 5.48. The Morgan fingerprint density at radius 3 is 2.67 bits per heavy atom. The fourth-order valence-electron chi connectivity index (χ4n) is 1.69. The third-order valence-corrected chi connectivity index (χ3v) is 3.88. The largest absolute Gasteiger partial charge is 0.361 e. The number of nitrogens with two attached hydrogens (primary N) is 1. The van der Waals surface area contributed by atoms with Crippen LogP contribution < -0.4 is 11.1 Å². The summed E-state index contributed by atoms with van der Waals surface area (Å²) < 4.78 is 0. The molecule has 0 aromatic carbocycles. The summed E-state index contributed by atoms with van der Waals surface area (Å²) in [4.78, 5) is 9.44. The van der Waals surface area contributed by atoms with Gasteiger partial charge in [0.15, 0.2) is 5.13 Å². The minimum absolute atomic E-state index is 0.0392. The average Bonchev–Trinajstić information content (AvgIpc) is 2.86. The van der Waals surface area contributed by atoms with E-state index in [-0.39, 0.29) is 5.41 Å². The van der Waals surface area contributed by atoms with Crippen molar-refractivity contribution in [1.82, 2.24) is 9.97 Å². The van der Waals surface area contributed by atoms with Crippen molar-refractivity contribution in [2.45, 2.75) is 25.8 Å². The maximum atomic E-state index is 5.57. The van der Waals surface area contributed by atoms with E-state index >= 15 is 0 Å². The minimum Gasteiger partial charge on any atom is -0.361 e. The van der Waals surface area contributed by atoms with E-state index < -0.39 is 0 Å². The molecule has 0 spiro atoms. The molecule has 2 aromatic rings. The van der Waals surface area contributed by atoms with E-state index in [4.69, 9.17) is 5.73 Å². The zero-order valence-corrected chi connectivity index (χ0v) is 11.5. The molecule has 18 heavy (non-hydrogen) atoms.